The van der Waals surface area contributed by atoms with Crippen molar-refractivity contribution in [2.45, 2.75) is 6.42 Å². The summed E-state index contributed by atoms with van der Waals surface area (Å²) in [5, 5.41) is 16.6. The molecule has 2 N–H and O–H groups in total. The molecule has 0 saturated heterocycles. The van der Waals surface area contributed by atoms with Crippen LogP contribution in [0.15, 0.2) is 12.1 Å². The van der Waals surface area contributed by atoms with Crippen molar-refractivity contribution in [3.63, 3.8) is 0 Å². The standard InChI is InChI=1S/C12H20N4O4/c1-13-11-8-10(16(17)18)9-12(15-11)14-4-3-5-20-7-6-19-2/h8-9H,3-7H2,1-2H3,(H2,13,14,15). The van der Waals surface area contributed by atoms with Crippen LogP contribution in [0.25, 0.3) is 0 Å². The topological polar surface area (TPSA) is 98.6 Å². The summed E-state index contributed by atoms with van der Waals surface area (Å²) >= 11 is 0. The Labute approximate surface area is 117 Å². The minimum atomic E-state index is -0.443. The average Bonchev–Trinajstić information content (AvgIpc) is 2.46. The van der Waals surface area contributed by atoms with Crippen LogP contribution in [0.4, 0.5) is 17.3 Å². The number of nitrogens with zero attached hydrogens (tertiary/aromatic N) is 2. The number of methoxy groups -OCH3 is 1. The van der Waals surface area contributed by atoms with E-state index in [1.165, 1.54) is 12.1 Å². The quantitative estimate of drug-likeness (QED) is 0.381. The van der Waals surface area contributed by atoms with Gasteiger partial charge in [0.05, 0.1) is 30.3 Å². The molecule has 0 amide bonds. The number of rotatable bonds is 10. The van der Waals surface area contributed by atoms with Crippen LogP contribution in [-0.2, 0) is 9.47 Å². The highest BCUT2D eigenvalue weighted by atomic mass is 16.6. The van der Waals surface area contributed by atoms with Crippen LogP contribution in [0.2, 0.25) is 0 Å². The van der Waals surface area contributed by atoms with Gasteiger partial charge in [0.15, 0.2) is 0 Å². The number of hydrogen-bond donors (Lipinski definition) is 2. The normalized spacial score (nSPS) is 10.3. The molecule has 0 radical (unpaired) electrons. The fourth-order valence-electron chi connectivity index (χ4n) is 1.48. The molecule has 0 atom stereocenters. The molecule has 0 aliphatic rings. The molecule has 1 aromatic heterocycles. The lowest BCUT2D eigenvalue weighted by Crippen LogP contribution is -2.09. The zero-order chi connectivity index (χ0) is 14.8. The number of anilines is 2. The van der Waals surface area contributed by atoms with E-state index in [-0.39, 0.29) is 5.69 Å². The minimum Gasteiger partial charge on any atom is -0.382 e. The first-order valence-electron chi connectivity index (χ1n) is 6.32. The Bertz CT molecular complexity index is 428. The van der Waals surface area contributed by atoms with Gasteiger partial charge in [0.2, 0.25) is 0 Å². The van der Waals surface area contributed by atoms with E-state index in [0.29, 0.717) is 38.0 Å². The molecule has 20 heavy (non-hydrogen) atoms. The number of pyridine rings is 1. The fourth-order valence-corrected chi connectivity index (χ4v) is 1.48. The van der Waals surface area contributed by atoms with Crippen molar-refractivity contribution in [3.05, 3.63) is 22.2 Å². The van der Waals surface area contributed by atoms with E-state index in [4.69, 9.17) is 9.47 Å². The second kappa shape index (κ2) is 9.05. The van der Waals surface area contributed by atoms with Crippen LogP contribution in [0.5, 0.6) is 0 Å². The van der Waals surface area contributed by atoms with Crippen LogP contribution in [0, 0.1) is 10.1 Å². The van der Waals surface area contributed by atoms with Gasteiger partial charge >= 0.3 is 0 Å². The van der Waals surface area contributed by atoms with Crippen molar-refractivity contribution in [2.24, 2.45) is 0 Å². The first-order valence-corrected chi connectivity index (χ1v) is 6.32. The summed E-state index contributed by atoms with van der Waals surface area (Å²) in [5.74, 6) is 0.929. The molecule has 0 saturated carbocycles. The Balaban J connectivity index is 2.39. The van der Waals surface area contributed by atoms with Crippen LogP contribution >= 0.6 is 0 Å². The second-order valence-electron chi connectivity index (χ2n) is 3.99. The molecule has 0 unspecified atom stereocenters. The summed E-state index contributed by atoms with van der Waals surface area (Å²) in [6, 6.07) is 2.80. The third-order valence-corrected chi connectivity index (χ3v) is 2.48. The summed E-state index contributed by atoms with van der Waals surface area (Å²) < 4.78 is 10.2. The van der Waals surface area contributed by atoms with Gasteiger partial charge in [-0.3, -0.25) is 10.1 Å². The third kappa shape index (κ3) is 5.81. The number of ether oxygens (including phenoxy) is 2. The van der Waals surface area contributed by atoms with Gasteiger partial charge in [-0.15, -0.1) is 0 Å². The summed E-state index contributed by atoms with van der Waals surface area (Å²) in [6.07, 6.45) is 0.781. The monoisotopic (exact) mass is 284 g/mol. The maximum absolute atomic E-state index is 10.8. The molecule has 1 rings (SSSR count). The molecule has 8 nitrogen and oxygen atoms in total. The van der Waals surface area contributed by atoms with E-state index in [1.54, 1.807) is 14.2 Å². The summed E-state index contributed by atoms with van der Waals surface area (Å²) in [7, 11) is 3.29. The zero-order valence-corrected chi connectivity index (χ0v) is 11.7. The first-order chi connectivity index (χ1) is 9.67. The summed E-state index contributed by atoms with van der Waals surface area (Å²) in [5.41, 5.74) is 0.00296. The molecular weight excluding hydrogens is 264 g/mol. The molecule has 0 spiro atoms. The van der Waals surface area contributed by atoms with E-state index in [9.17, 15) is 10.1 Å². The molecule has 8 heteroatoms. The maximum Gasteiger partial charge on any atom is 0.276 e. The number of aromatic nitrogens is 1. The van der Waals surface area contributed by atoms with Gasteiger partial charge in [-0.05, 0) is 6.42 Å². The van der Waals surface area contributed by atoms with Crippen LogP contribution < -0.4 is 10.6 Å². The molecule has 112 valence electrons. The van der Waals surface area contributed by atoms with Crippen molar-refractivity contribution in [2.75, 3.05) is 51.2 Å². The lowest BCUT2D eigenvalue weighted by atomic mass is 10.3. The third-order valence-electron chi connectivity index (χ3n) is 2.48. The van der Waals surface area contributed by atoms with E-state index < -0.39 is 4.92 Å². The van der Waals surface area contributed by atoms with Gasteiger partial charge in [-0.1, -0.05) is 0 Å². The van der Waals surface area contributed by atoms with Gasteiger partial charge in [0, 0.05) is 27.3 Å². The van der Waals surface area contributed by atoms with E-state index >= 15 is 0 Å². The number of nitrogens with one attached hydrogen (secondary N) is 2. The molecular formula is C12H20N4O4. The zero-order valence-electron chi connectivity index (χ0n) is 11.7. The lowest BCUT2D eigenvalue weighted by molar-refractivity contribution is -0.384. The van der Waals surface area contributed by atoms with Crippen molar-refractivity contribution >= 4 is 17.3 Å². The highest BCUT2D eigenvalue weighted by Gasteiger charge is 2.10. The Morgan fingerprint density at radius 3 is 2.70 bits per heavy atom. The van der Waals surface area contributed by atoms with Crippen molar-refractivity contribution in [3.8, 4) is 0 Å². The van der Waals surface area contributed by atoms with Crippen LogP contribution in [0.1, 0.15) is 6.42 Å². The lowest BCUT2D eigenvalue weighted by Gasteiger charge is -2.08. The SMILES string of the molecule is CNc1cc([N+](=O)[O-])cc(NCCCOCCOC)n1. The Hall–Kier alpha value is -1.93. The molecule has 0 aliphatic carbocycles. The maximum atomic E-state index is 10.8. The van der Waals surface area contributed by atoms with Crippen molar-refractivity contribution < 1.29 is 14.4 Å². The Morgan fingerprint density at radius 1 is 1.30 bits per heavy atom. The van der Waals surface area contributed by atoms with Gasteiger partial charge in [-0.2, -0.15) is 0 Å². The van der Waals surface area contributed by atoms with Crippen molar-refractivity contribution in [1.82, 2.24) is 4.98 Å². The fraction of sp³-hybridized carbons (Fsp3) is 0.583. The number of nitro groups is 1. The Morgan fingerprint density at radius 2 is 2.05 bits per heavy atom. The minimum absolute atomic E-state index is 0.00296. The smallest absolute Gasteiger partial charge is 0.276 e. The molecule has 0 fully saturated rings. The highest BCUT2D eigenvalue weighted by Crippen LogP contribution is 2.20. The Kier molecular flexibility index (Phi) is 7.30. The molecule has 0 bridgehead atoms. The van der Waals surface area contributed by atoms with Crippen molar-refractivity contribution in [1.29, 1.82) is 0 Å². The number of hydrogen-bond acceptors (Lipinski definition) is 7. The van der Waals surface area contributed by atoms with Crippen LogP contribution in [0.3, 0.4) is 0 Å². The van der Waals surface area contributed by atoms with E-state index in [1.807, 2.05) is 0 Å². The van der Waals surface area contributed by atoms with E-state index in [0.717, 1.165) is 6.42 Å². The second-order valence-corrected chi connectivity index (χ2v) is 3.99. The van der Waals surface area contributed by atoms with E-state index in [2.05, 4.69) is 15.6 Å². The van der Waals surface area contributed by atoms with Crippen LogP contribution in [-0.4, -0.2) is 50.4 Å². The molecule has 0 aromatic carbocycles. The summed E-state index contributed by atoms with van der Waals surface area (Å²) in [6.45, 7) is 2.37. The molecule has 1 aromatic rings. The highest BCUT2D eigenvalue weighted by molar-refractivity contribution is 5.54. The van der Waals surface area contributed by atoms with Gasteiger partial charge in [0.1, 0.15) is 11.6 Å². The van der Waals surface area contributed by atoms with Gasteiger partial charge in [-0.25, -0.2) is 4.98 Å². The first kappa shape index (κ1) is 16.1. The van der Waals surface area contributed by atoms with Gasteiger partial charge < -0.3 is 20.1 Å². The molecule has 0 aliphatic heterocycles. The van der Waals surface area contributed by atoms with Gasteiger partial charge in [0.25, 0.3) is 5.69 Å². The summed E-state index contributed by atoms with van der Waals surface area (Å²) in [4.78, 5) is 14.5. The average molecular weight is 284 g/mol. The predicted octanol–water partition coefficient (Wildman–Crippen LogP) is 1.50. The molecule has 1 heterocycles. The largest absolute Gasteiger partial charge is 0.382 e. The predicted molar refractivity (Wildman–Crippen MR) is 76.2 cm³/mol.